The van der Waals surface area contributed by atoms with E-state index in [1.165, 1.54) is 0 Å². The van der Waals surface area contributed by atoms with Gasteiger partial charge in [-0.15, -0.1) is 5.10 Å². The Labute approximate surface area is 117 Å². The van der Waals surface area contributed by atoms with Crippen LogP contribution in [0.15, 0.2) is 30.5 Å². The van der Waals surface area contributed by atoms with Crippen LogP contribution in [-0.4, -0.2) is 27.8 Å². The zero-order valence-corrected chi connectivity index (χ0v) is 11.1. The minimum Gasteiger partial charge on any atom is -0.481 e. The Morgan fingerprint density at radius 1 is 1.35 bits per heavy atom. The molecular formula is C15H17N3O2. The van der Waals surface area contributed by atoms with Gasteiger partial charge in [0.2, 0.25) is 0 Å². The molecule has 5 nitrogen and oxygen atoms in total. The van der Waals surface area contributed by atoms with Crippen molar-refractivity contribution in [2.75, 3.05) is 11.9 Å². The second-order valence-electron chi connectivity index (χ2n) is 5.30. The number of anilines is 1. The molecule has 2 unspecified atom stereocenters. The van der Waals surface area contributed by atoms with Crippen molar-refractivity contribution < 1.29 is 9.90 Å². The first-order valence-corrected chi connectivity index (χ1v) is 6.93. The first-order valence-electron chi connectivity index (χ1n) is 6.93. The van der Waals surface area contributed by atoms with Crippen LogP contribution < -0.4 is 5.32 Å². The predicted molar refractivity (Wildman–Crippen MR) is 76.5 cm³/mol. The fourth-order valence-corrected chi connectivity index (χ4v) is 2.99. The van der Waals surface area contributed by atoms with E-state index in [2.05, 4.69) is 15.5 Å². The molecule has 1 saturated carbocycles. The van der Waals surface area contributed by atoms with Crippen LogP contribution in [0.4, 0.5) is 5.82 Å². The van der Waals surface area contributed by atoms with Gasteiger partial charge in [-0.3, -0.25) is 4.79 Å². The molecule has 2 atom stereocenters. The first-order chi connectivity index (χ1) is 9.75. The zero-order chi connectivity index (χ0) is 13.9. The molecule has 0 radical (unpaired) electrons. The molecule has 0 saturated heterocycles. The van der Waals surface area contributed by atoms with Crippen molar-refractivity contribution in [2.24, 2.45) is 11.8 Å². The van der Waals surface area contributed by atoms with E-state index in [9.17, 15) is 9.90 Å². The van der Waals surface area contributed by atoms with E-state index < -0.39 is 5.97 Å². The maximum Gasteiger partial charge on any atom is 0.306 e. The van der Waals surface area contributed by atoms with Gasteiger partial charge < -0.3 is 10.4 Å². The van der Waals surface area contributed by atoms with Crippen LogP contribution in [0.1, 0.15) is 19.3 Å². The molecule has 0 spiro atoms. The lowest BCUT2D eigenvalue weighted by Crippen LogP contribution is -2.24. The van der Waals surface area contributed by atoms with Crippen molar-refractivity contribution in [3.8, 4) is 0 Å². The van der Waals surface area contributed by atoms with Gasteiger partial charge in [-0.25, -0.2) is 0 Å². The fraction of sp³-hybridized carbons (Fsp3) is 0.400. The molecule has 2 N–H and O–H groups in total. The van der Waals surface area contributed by atoms with Gasteiger partial charge in [0, 0.05) is 17.3 Å². The third-order valence-corrected chi connectivity index (χ3v) is 4.08. The molecule has 20 heavy (non-hydrogen) atoms. The van der Waals surface area contributed by atoms with Crippen LogP contribution in [0.2, 0.25) is 0 Å². The molecular weight excluding hydrogens is 254 g/mol. The summed E-state index contributed by atoms with van der Waals surface area (Å²) in [7, 11) is 0. The number of carboxylic acid groups (broad SMARTS) is 1. The van der Waals surface area contributed by atoms with E-state index in [4.69, 9.17) is 0 Å². The lowest BCUT2D eigenvalue weighted by Gasteiger charge is -2.17. The molecule has 1 fully saturated rings. The summed E-state index contributed by atoms with van der Waals surface area (Å²) in [5.41, 5.74) is 0. The number of carbonyl (C=O) groups is 1. The SMILES string of the molecule is O=C(O)C1CCCC1CNc1nncc2ccccc12. The summed E-state index contributed by atoms with van der Waals surface area (Å²) in [6.45, 7) is 0.639. The molecule has 1 aliphatic rings. The summed E-state index contributed by atoms with van der Waals surface area (Å²) in [6, 6.07) is 7.91. The van der Waals surface area contributed by atoms with E-state index in [-0.39, 0.29) is 11.8 Å². The molecule has 104 valence electrons. The van der Waals surface area contributed by atoms with E-state index in [1.807, 2.05) is 24.3 Å². The average Bonchev–Trinajstić information content (AvgIpc) is 2.93. The summed E-state index contributed by atoms with van der Waals surface area (Å²) in [5, 5.41) is 22.6. The molecule has 0 aliphatic heterocycles. The number of carboxylic acids is 1. The number of benzene rings is 1. The van der Waals surface area contributed by atoms with E-state index in [0.717, 1.165) is 35.9 Å². The first kappa shape index (κ1) is 12.8. The Morgan fingerprint density at radius 2 is 2.20 bits per heavy atom. The van der Waals surface area contributed by atoms with Crippen LogP contribution in [0, 0.1) is 11.8 Å². The van der Waals surface area contributed by atoms with E-state index in [1.54, 1.807) is 6.20 Å². The molecule has 2 aromatic rings. The number of nitrogens with one attached hydrogen (secondary N) is 1. The van der Waals surface area contributed by atoms with Crippen molar-refractivity contribution in [1.29, 1.82) is 0 Å². The molecule has 1 aromatic carbocycles. The third kappa shape index (κ3) is 2.43. The van der Waals surface area contributed by atoms with Gasteiger partial charge in [-0.1, -0.05) is 30.7 Å². The lowest BCUT2D eigenvalue weighted by atomic mass is 9.96. The van der Waals surface area contributed by atoms with Gasteiger partial charge in [-0.2, -0.15) is 5.10 Å². The Kier molecular flexibility index (Phi) is 3.50. The van der Waals surface area contributed by atoms with Crippen LogP contribution in [-0.2, 0) is 4.79 Å². The highest BCUT2D eigenvalue weighted by atomic mass is 16.4. The van der Waals surface area contributed by atoms with Crippen LogP contribution >= 0.6 is 0 Å². The molecule has 5 heteroatoms. The Balaban J connectivity index is 1.76. The van der Waals surface area contributed by atoms with Gasteiger partial charge in [-0.05, 0) is 18.8 Å². The van der Waals surface area contributed by atoms with Crippen LogP contribution in [0.3, 0.4) is 0 Å². The van der Waals surface area contributed by atoms with Crippen molar-refractivity contribution in [1.82, 2.24) is 10.2 Å². The number of aliphatic carboxylic acids is 1. The second kappa shape index (κ2) is 5.45. The minimum atomic E-state index is -0.682. The highest BCUT2D eigenvalue weighted by Crippen LogP contribution is 2.32. The fourth-order valence-electron chi connectivity index (χ4n) is 2.99. The van der Waals surface area contributed by atoms with Crippen molar-refractivity contribution >= 4 is 22.6 Å². The zero-order valence-electron chi connectivity index (χ0n) is 11.1. The average molecular weight is 271 g/mol. The molecule has 0 bridgehead atoms. The Bertz CT molecular complexity index is 624. The van der Waals surface area contributed by atoms with Crippen LogP contribution in [0.25, 0.3) is 10.8 Å². The lowest BCUT2D eigenvalue weighted by molar-refractivity contribution is -0.142. The highest BCUT2D eigenvalue weighted by Gasteiger charge is 2.32. The van der Waals surface area contributed by atoms with E-state index in [0.29, 0.717) is 6.54 Å². The number of hydrogen-bond acceptors (Lipinski definition) is 4. The molecule has 3 rings (SSSR count). The number of fused-ring (bicyclic) bond motifs is 1. The monoisotopic (exact) mass is 271 g/mol. The number of rotatable bonds is 4. The van der Waals surface area contributed by atoms with Crippen LogP contribution in [0.5, 0.6) is 0 Å². The van der Waals surface area contributed by atoms with E-state index >= 15 is 0 Å². The normalized spacial score (nSPS) is 22.0. The van der Waals surface area contributed by atoms with Gasteiger partial charge >= 0.3 is 5.97 Å². The second-order valence-corrected chi connectivity index (χ2v) is 5.30. The minimum absolute atomic E-state index is 0.174. The maximum absolute atomic E-state index is 11.2. The molecule has 1 aliphatic carbocycles. The largest absolute Gasteiger partial charge is 0.481 e. The summed E-state index contributed by atoms with van der Waals surface area (Å²) < 4.78 is 0. The maximum atomic E-state index is 11.2. The van der Waals surface area contributed by atoms with Gasteiger partial charge in [0.15, 0.2) is 5.82 Å². The summed E-state index contributed by atoms with van der Waals surface area (Å²) in [6.07, 6.45) is 4.46. The molecule has 0 amide bonds. The molecule has 1 heterocycles. The summed E-state index contributed by atoms with van der Waals surface area (Å²) in [5.74, 6) is -0.00357. The third-order valence-electron chi connectivity index (χ3n) is 4.08. The van der Waals surface area contributed by atoms with Crippen molar-refractivity contribution in [2.45, 2.75) is 19.3 Å². The number of nitrogens with zero attached hydrogens (tertiary/aromatic N) is 2. The van der Waals surface area contributed by atoms with Crippen molar-refractivity contribution in [3.63, 3.8) is 0 Å². The number of aromatic nitrogens is 2. The van der Waals surface area contributed by atoms with Crippen molar-refractivity contribution in [3.05, 3.63) is 30.5 Å². The predicted octanol–water partition coefficient (Wildman–Crippen LogP) is 2.54. The quantitative estimate of drug-likeness (QED) is 0.893. The highest BCUT2D eigenvalue weighted by molar-refractivity contribution is 5.90. The smallest absolute Gasteiger partial charge is 0.306 e. The summed E-state index contributed by atoms with van der Waals surface area (Å²) in [4.78, 5) is 11.2. The summed E-state index contributed by atoms with van der Waals surface area (Å²) >= 11 is 0. The Morgan fingerprint density at radius 3 is 3.05 bits per heavy atom. The number of hydrogen-bond donors (Lipinski definition) is 2. The topological polar surface area (TPSA) is 75.1 Å². The van der Waals surface area contributed by atoms with Gasteiger partial charge in [0.1, 0.15) is 0 Å². The van der Waals surface area contributed by atoms with Gasteiger partial charge in [0.05, 0.1) is 12.1 Å². The molecule has 1 aromatic heterocycles. The Hall–Kier alpha value is -2.17. The standard InChI is InChI=1S/C15H17N3O2/c19-15(20)13-7-3-5-10(13)8-16-14-12-6-2-1-4-11(12)9-17-18-14/h1-2,4,6,9-10,13H,3,5,7-8H2,(H,16,18)(H,19,20). The van der Waals surface area contributed by atoms with Gasteiger partial charge in [0.25, 0.3) is 0 Å².